The van der Waals surface area contributed by atoms with Crippen LogP contribution in [0.2, 0.25) is 74.5 Å². The average Bonchev–Trinajstić information content (AvgIpc) is 4.01. The number of rotatable bonds is 24. The van der Waals surface area contributed by atoms with Gasteiger partial charge in [0.2, 0.25) is 0 Å². The van der Waals surface area contributed by atoms with E-state index in [0.717, 1.165) is 59.9 Å². The van der Waals surface area contributed by atoms with Gasteiger partial charge in [0.15, 0.2) is 33.3 Å². The lowest BCUT2D eigenvalue weighted by molar-refractivity contribution is 0.139. The number of hydrogen-bond acceptors (Lipinski definition) is 8. The summed E-state index contributed by atoms with van der Waals surface area (Å²) in [5.41, 5.74) is 0. The van der Waals surface area contributed by atoms with Gasteiger partial charge in [0.05, 0.1) is 48.8 Å². The second-order valence-corrected chi connectivity index (χ2v) is 42.8. The van der Waals surface area contributed by atoms with E-state index in [4.69, 9.17) is 35.4 Å². The summed E-state index contributed by atoms with van der Waals surface area (Å²) in [6, 6.07) is 9.04. The summed E-state index contributed by atoms with van der Waals surface area (Å²) in [6.45, 7) is 19.6. The quantitative estimate of drug-likeness (QED) is 0.0700. The average molecular weight is 882 g/mol. The fourth-order valence-electron chi connectivity index (χ4n) is 12.1. The number of hydrogen-bond donors (Lipinski definition) is 0. The molecule has 0 amide bonds. The Balaban J connectivity index is 1.07. The van der Waals surface area contributed by atoms with Gasteiger partial charge in [-0.3, -0.25) is 0 Å². The van der Waals surface area contributed by atoms with Crippen LogP contribution in [0.4, 0.5) is 0 Å². The molecule has 0 bridgehead atoms. The topological polar surface area (TPSA) is 87.0 Å². The summed E-state index contributed by atoms with van der Waals surface area (Å²) in [6.07, 6.45) is 24.4. The molecule has 57 heavy (non-hydrogen) atoms. The van der Waals surface area contributed by atoms with E-state index in [0.29, 0.717) is 48.8 Å². The van der Waals surface area contributed by atoms with Gasteiger partial charge >= 0.3 is 9.05 Å². The zero-order chi connectivity index (χ0) is 40.1. The van der Waals surface area contributed by atoms with Gasteiger partial charge < -0.3 is 35.4 Å². The van der Waals surface area contributed by atoms with Gasteiger partial charge in [-0.05, 0) is 175 Å². The molecule has 0 spiro atoms. The Labute approximate surface area is 353 Å². The first kappa shape index (κ1) is 44.4. The van der Waals surface area contributed by atoms with Crippen molar-refractivity contribution in [1.82, 2.24) is 0 Å². The predicted molar refractivity (Wildman–Crippen MR) is 240 cm³/mol. The highest BCUT2D eigenvalue weighted by atomic mass is 28.5. The van der Waals surface area contributed by atoms with E-state index in [1.807, 2.05) is 0 Å². The monoisotopic (exact) mass is 881 g/mol. The van der Waals surface area contributed by atoms with Crippen LogP contribution in [0.15, 0.2) is 0 Å². The fraction of sp³-hybridized carbons (Fsp3) is 1.00. The van der Waals surface area contributed by atoms with E-state index < -0.39 is 42.3 Å². The third-order valence-corrected chi connectivity index (χ3v) is 39.3. The third kappa shape index (κ3) is 11.7. The summed E-state index contributed by atoms with van der Waals surface area (Å²) in [4.78, 5) is 0. The second-order valence-electron chi connectivity index (χ2n) is 21.9. The molecule has 0 aromatic carbocycles. The first-order chi connectivity index (χ1) is 27.2. The maximum atomic E-state index is 8.15. The van der Waals surface area contributed by atoms with Crippen LogP contribution >= 0.6 is 0 Å². The van der Waals surface area contributed by atoms with Crippen molar-refractivity contribution < 1.29 is 35.4 Å². The lowest BCUT2D eigenvalue weighted by atomic mass is 9.88. The second kappa shape index (κ2) is 18.1. The molecule has 4 saturated heterocycles. The minimum Gasteiger partial charge on any atom is -0.396 e. The van der Waals surface area contributed by atoms with Crippen molar-refractivity contribution in [3.8, 4) is 0 Å². The van der Waals surface area contributed by atoms with Crippen LogP contribution in [0.3, 0.4) is 0 Å². The molecule has 0 aromatic rings. The van der Waals surface area contributed by atoms with Crippen LogP contribution in [-0.4, -0.2) is 91.1 Å². The van der Waals surface area contributed by atoms with E-state index in [9.17, 15) is 0 Å². The van der Waals surface area contributed by atoms with Gasteiger partial charge in [-0.15, -0.1) is 0 Å². The Hall–Kier alpha value is 0.764. The number of fused-ring (bicyclic) bond motifs is 4. The van der Waals surface area contributed by atoms with Crippen molar-refractivity contribution >= 4 is 42.3 Å². The highest BCUT2D eigenvalue weighted by Crippen LogP contribution is 2.48. The Morgan fingerprint density at radius 1 is 0.368 bits per heavy atom. The summed E-state index contributed by atoms with van der Waals surface area (Å²) in [5.74, 6) is 2.99. The molecule has 4 aliphatic carbocycles. The summed E-state index contributed by atoms with van der Waals surface area (Å²) >= 11 is 0. The largest absolute Gasteiger partial charge is 0.637 e. The van der Waals surface area contributed by atoms with Gasteiger partial charge in [-0.1, -0.05) is 53.4 Å². The molecule has 4 heterocycles. The Bertz CT molecular complexity index is 1230. The SMILES string of the molecule is CC[Si](CC)(CCC1CCC2OC2C1)O[Si](O[Si](C)(C)CCC1CCC2OC2C1)(O[Si](C)(C)CCC1CCC2OC2C1)O[Si](CC)(CC)CCC1CCC2OC2C1. The molecule has 0 N–H and O–H groups in total. The summed E-state index contributed by atoms with van der Waals surface area (Å²) in [5, 5.41) is 0. The van der Waals surface area contributed by atoms with Crippen LogP contribution in [0.1, 0.15) is 130 Å². The van der Waals surface area contributed by atoms with Gasteiger partial charge in [-0.25, -0.2) is 0 Å². The van der Waals surface area contributed by atoms with Crippen LogP contribution < -0.4 is 0 Å². The Morgan fingerprint density at radius 2 is 0.649 bits per heavy atom. The maximum Gasteiger partial charge on any atom is 0.637 e. The molecule has 8 nitrogen and oxygen atoms in total. The van der Waals surface area contributed by atoms with Crippen molar-refractivity contribution in [2.45, 2.75) is 254 Å². The van der Waals surface area contributed by atoms with Crippen molar-refractivity contribution in [3.63, 3.8) is 0 Å². The molecule has 8 fully saturated rings. The predicted octanol–water partition coefficient (Wildman–Crippen LogP) is 11.7. The lowest BCUT2D eigenvalue weighted by Gasteiger charge is -2.49. The normalized spacial score (nSPS) is 38.3. The number of ether oxygens (including phenoxy) is 4. The molecule has 12 unspecified atom stereocenters. The number of epoxide rings is 4. The molecule has 12 atom stereocenters. The van der Waals surface area contributed by atoms with E-state index in [2.05, 4.69) is 53.9 Å². The van der Waals surface area contributed by atoms with Crippen molar-refractivity contribution in [3.05, 3.63) is 0 Å². The van der Waals surface area contributed by atoms with Gasteiger partial charge in [0.1, 0.15) is 0 Å². The molecular formula is C44H84O8Si5. The molecule has 8 rings (SSSR count). The van der Waals surface area contributed by atoms with Crippen molar-refractivity contribution in [2.24, 2.45) is 23.7 Å². The van der Waals surface area contributed by atoms with Crippen molar-refractivity contribution in [2.75, 3.05) is 0 Å². The molecule has 4 saturated carbocycles. The smallest absolute Gasteiger partial charge is 0.396 e. The van der Waals surface area contributed by atoms with E-state index in [1.54, 1.807) is 0 Å². The zero-order valence-electron chi connectivity index (χ0n) is 37.7. The van der Waals surface area contributed by atoms with Crippen LogP contribution in [0.25, 0.3) is 0 Å². The first-order valence-electron chi connectivity index (χ1n) is 24.7. The molecule has 328 valence electrons. The Morgan fingerprint density at radius 3 is 0.912 bits per heavy atom. The fourth-order valence-corrected chi connectivity index (χ4v) is 35.4. The standard InChI is InChI=1S/C44H84O8Si5/c1-9-55(10-2,27-23-35-15-19-39-43(31-35)47-39)51-57(49-53(5,6)25-21-33-13-17-37-41(29-33)45-37,50-54(7,8)26-22-34-14-18-38-42(30-34)46-38)52-56(11-3,12-4)28-24-36-16-20-40-44(32-36)48-40/h33-44H,9-32H2,1-8H3. The van der Waals surface area contributed by atoms with Crippen LogP contribution in [0.5, 0.6) is 0 Å². The molecule has 0 radical (unpaired) electrons. The molecule has 0 aromatic heterocycles. The molecule has 8 aliphatic rings. The maximum absolute atomic E-state index is 8.15. The highest BCUT2D eigenvalue weighted by Gasteiger charge is 2.61. The van der Waals surface area contributed by atoms with Crippen LogP contribution in [-0.2, 0) is 35.4 Å². The first-order valence-corrected chi connectivity index (χ1v) is 37.6. The third-order valence-electron chi connectivity index (χ3n) is 16.8. The van der Waals surface area contributed by atoms with E-state index >= 15 is 0 Å². The molecule has 13 heteroatoms. The summed E-state index contributed by atoms with van der Waals surface area (Å²) < 4.78 is 56.2. The van der Waals surface area contributed by atoms with Gasteiger partial charge in [-0.2, -0.15) is 0 Å². The van der Waals surface area contributed by atoms with Crippen molar-refractivity contribution in [1.29, 1.82) is 0 Å². The molecular weight excluding hydrogens is 797 g/mol. The van der Waals surface area contributed by atoms with Crippen LogP contribution in [0, 0.1) is 23.7 Å². The minimum absolute atomic E-state index is 0.524. The lowest BCUT2D eigenvalue weighted by Crippen LogP contribution is -2.68. The Kier molecular flexibility index (Phi) is 14.1. The minimum atomic E-state index is -3.64. The van der Waals surface area contributed by atoms with E-state index in [1.165, 1.54) is 115 Å². The highest BCUT2D eigenvalue weighted by molar-refractivity contribution is 6.93. The van der Waals surface area contributed by atoms with E-state index in [-0.39, 0.29) is 0 Å². The zero-order valence-corrected chi connectivity index (χ0v) is 42.7. The molecule has 4 aliphatic heterocycles. The van der Waals surface area contributed by atoms with Gasteiger partial charge in [0, 0.05) is 0 Å². The van der Waals surface area contributed by atoms with Gasteiger partial charge in [0.25, 0.3) is 0 Å². The summed E-state index contributed by atoms with van der Waals surface area (Å²) in [7, 11) is -12.8.